The van der Waals surface area contributed by atoms with Crippen LogP contribution in [0.2, 0.25) is 0 Å². The number of esters is 4. The number of piperidine rings is 1. The van der Waals surface area contributed by atoms with Crippen LogP contribution < -0.4 is 0 Å². The quantitative estimate of drug-likeness (QED) is 0.372. The highest BCUT2D eigenvalue weighted by molar-refractivity contribution is 5.78. The molecule has 1 aromatic heterocycles. The number of hydrogen-bond donors (Lipinski definition) is 0. The van der Waals surface area contributed by atoms with Gasteiger partial charge >= 0.3 is 30.0 Å². The van der Waals surface area contributed by atoms with Crippen molar-refractivity contribution in [3.63, 3.8) is 0 Å². The summed E-state index contributed by atoms with van der Waals surface area (Å²) in [5.41, 5.74) is 3.71. The second-order valence-electron chi connectivity index (χ2n) is 10.1. The maximum absolute atomic E-state index is 13.5. The van der Waals surface area contributed by atoms with Crippen molar-refractivity contribution in [2.75, 3.05) is 20.2 Å². The fourth-order valence-corrected chi connectivity index (χ4v) is 5.80. The Labute approximate surface area is 234 Å². The highest BCUT2D eigenvalue weighted by Gasteiger charge is 2.56. The van der Waals surface area contributed by atoms with Crippen LogP contribution in [0, 0.1) is 0 Å². The Hall–Kier alpha value is -4.33. The number of hydrogen-bond acceptors (Lipinski definition) is 13. The smallest absolute Gasteiger partial charge is 0.412 e. The molecule has 7 unspecified atom stereocenters. The first-order valence-corrected chi connectivity index (χ1v) is 13.0. The van der Waals surface area contributed by atoms with Crippen LogP contribution in [0.3, 0.4) is 0 Å². The zero-order valence-electron chi connectivity index (χ0n) is 22.8. The second-order valence-corrected chi connectivity index (χ2v) is 10.1. The Balaban J connectivity index is 1.40. The third-order valence-corrected chi connectivity index (χ3v) is 7.31. The van der Waals surface area contributed by atoms with Crippen LogP contribution in [0.4, 0.5) is 4.79 Å². The van der Waals surface area contributed by atoms with Crippen LogP contribution in [0.5, 0.6) is 0 Å². The lowest BCUT2D eigenvalue weighted by atomic mass is 9.96. The highest BCUT2D eigenvalue weighted by Crippen LogP contribution is 2.47. The Morgan fingerprint density at radius 1 is 0.780 bits per heavy atom. The number of methoxy groups -OCH3 is 1. The standard InChI is InChI=1S/C27H29N3O11/c1-12(31)37-21-22(38-13(2)32)24(39-14(3)33)26(40-23(21)25(34)36-4)41-27(35)30-10-15-7-16(11-30)18-9-20-19(8-17(15)18)28-5-6-29-20/h5-6,8-9,15-16,21-24,26H,7,10-11H2,1-4H3. The first-order chi connectivity index (χ1) is 19.5. The molecule has 2 bridgehead atoms. The Morgan fingerprint density at radius 2 is 1.29 bits per heavy atom. The van der Waals surface area contributed by atoms with Gasteiger partial charge in [0.05, 0.1) is 18.1 Å². The number of benzene rings is 1. The minimum Gasteiger partial charge on any atom is -0.467 e. The molecule has 0 radical (unpaired) electrons. The molecule has 2 aromatic rings. The van der Waals surface area contributed by atoms with Crippen molar-refractivity contribution < 1.29 is 52.4 Å². The molecule has 7 atom stereocenters. The van der Waals surface area contributed by atoms with Crippen molar-refractivity contribution >= 4 is 41.0 Å². The molecule has 218 valence electrons. The highest BCUT2D eigenvalue weighted by atomic mass is 16.8. The molecule has 1 aromatic carbocycles. The molecule has 5 rings (SSSR count). The minimum absolute atomic E-state index is 0.0317. The summed E-state index contributed by atoms with van der Waals surface area (Å²) in [6, 6.07) is 4.00. The van der Waals surface area contributed by atoms with Crippen LogP contribution in [-0.4, -0.2) is 95.7 Å². The van der Waals surface area contributed by atoms with Crippen LogP contribution in [-0.2, 0) is 47.6 Å². The average molecular weight is 572 g/mol. The molecule has 2 fully saturated rings. The van der Waals surface area contributed by atoms with Gasteiger partial charge in [-0.25, -0.2) is 9.59 Å². The number of likely N-dealkylation sites (tertiary alicyclic amines) is 1. The van der Waals surface area contributed by atoms with Crippen molar-refractivity contribution in [2.24, 2.45) is 0 Å². The SMILES string of the molecule is COC(=O)C1OC(OC(=O)N2CC3CC(C2)c2cc4nccnc4cc23)C(OC(C)=O)C(OC(C)=O)C1OC(C)=O. The van der Waals surface area contributed by atoms with E-state index in [1.165, 1.54) is 4.90 Å². The van der Waals surface area contributed by atoms with E-state index in [4.69, 9.17) is 28.4 Å². The number of nitrogens with zero attached hydrogens (tertiary/aromatic N) is 3. The van der Waals surface area contributed by atoms with Gasteiger partial charge in [-0.2, -0.15) is 0 Å². The fraction of sp³-hybridized carbons (Fsp3) is 0.519. The van der Waals surface area contributed by atoms with E-state index in [0.29, 0.717) is 13.1 Å². The van der Waals surface area contributed by atoms with Gasteiger partial charge in [0, 0.05) is 58.1 Å². The van der Waals surface area contributed by atoms with E-state index in [0.717, 1.165) is 56.5 Å². The summed E-state index contributed by atoms with van der Waals surface area (Å²) in [7, 11) is 1.08. The molecular formula is C27H29N3O11. The minimum atomic E-state index is -1.70. The number of ether oxygens (including phenoxy) is 6. The molecule has 0 saturated carbocycles. The lowest BCUT2D eigenvalue weighted by Gasteiger charge is -2.43. The number of rotatable bonds is 5. The molecule has 0 spiro atoms. The Morgan fingerprint density at radius 3 is 1.80 bits per heavy atom. The van der Waals surface area contributed by atoms with Gasteiger partial charge in [-0.1, -0.05) is 0 Å². The number of amides is 1. The molecule has 14 heteroatoms. The van der Waals surface area contributed by atoms with E-state index in [1.807, 2.05) is 12.1 Å². The average Bonchev–Trinajstić information content (AvgIpc) is 3.17. The third-order valence-electron chi connectivity index (χ3n) is 7.31. The number of carbonyl (C=O) groups is 5. The lowest BCUT2D eigenvalue weighted by Crippen LogP contribution is -2.64. The molecule has 0 N–H and O–H groups in total. The first-order valence-electron chi connectivity index (χ1n) is 13.0. The van der Waals surface area contributed by atoms with Crippen molar-refractivity contribution in [3.8, 4) is 0 Å². The lowest BCUT2D eigenvalue weighted by molar-refractivity contribution is -0.289. The number of fused-ring (bicyclic) bond motifs is 6. The zero-order valence-corrected chi connectivity index (χ0v) is 22.8. The first kappa shape index (κ1) is 28.2. The van der Waals surface area contributed by atoms with Gasteiger partial charge in [-0.05, 0) is 29.7 Å². The number of carbonyl (C=O) groups excluding carboxylic acids is 5. The van der Waals surface area contributed by atoms with Crippen LogP contribution in [0.25, 0.3) is 11.0 Å². The van der Waals surface area contributed by atoms with Gasteiger partial charge in [0.2, 0.25) is 12.4 Å². The predicted octanol–water partition coefficient (Wildman–Crippen LogP) is 1.35. The van der Waals surface area contributed by atoms with Gasteiger partial charge in [0.15, 0.2) is 18.3 Å². The monoisotopic (exact) mass is 571 g/mol. The van der Waals surface area contributed by atoms with E-state index in [2.05, 4.69) is 9.97 Å². The van der Waals surface area contributed by atoms with Crippen LogP contribution >= 0.6 is 0 Å². The van der Waals surface area contributed by atoms with Crippen LogP contribution in [0.1, 0.15) is 50.2 Å². The largest absolute Gasteiger partial charge is 0.467 e. The van der Waals surface area contributed by atoms with E-state index in [9.17, 15) is 24.0 Å². The summed E-state index contributed by atoms with van der Waals surface area (Å²) in [6.07, 6.45) is -4.74. The Bertz CT molecular complexity index is 1350. The zero-order chi connectivity index (χ0) is 29.4. The van der Waals surface area contributed by atoms with Crippen molar-refractivity contribution in [3.05, 3.63) is 35.7 Å². The maximum atomic E-state index is 13.5. The molecule has 2 aliphatic heterocycles. The normalized spacial score (nSPS) is 28.3. The van der Waals surface area contributed by atoms with Crippen molar-refractivity contribution in [1.29, 1.82) is 0 Å². The van der Waals surface area contributed by atoms with Gasteiger partial charge in [-0.15, -0.1) is 0 Å². The molecule has 2 saturated heterocycles. The predicted molar refractivity (Wildman–Crippen MR) is 135 cm³/mol. The molecule has 3 heterocycles. The number of aromatic nitrogens is 2. The van der Waals surface area contributed by atoms with E-state index >= 15 is 0 Å². The van der Waals surface area contributed by atoms with E-state index in [-0.39, 0.29) is 11.8 Å². The molecule has 41 heavy (non-hydrogen) atoms. The summed E-state index contributed by atoms with van der Waals surface area (Å²) in [5.74, 6) is -3.41. The van der Waals surface area contributed by atoms with E-state index < -0.39 is 60.7 Å². The maximum Gasteiger partial charge on any atom is 0.412 e. The summed E-state index contributed by atoms with van der Waals surface area (Å²) >= 11 is 0. The summed E-state index contributed by atoms with van der Waals surface area (Å²) in [4.78, 5) is 72.2. The molecular weight excluding hydrogens is 542 g/mol. The summed E-state index contributed by atoms with van der Waals surface area (Å²) in [5, 5.41) is 0. The topological polar surface area (TPSA) is 170 Å². The van der Waals surface area contributed by atoms with Crippen LogP contribution in [0.15, 0.2) is 24.5 Å². The fourth-order valence-electron chi connectivity index (χ4n) is 5.80. The molecule has 1 amide bonds. The summed E-state index contributed by atoms with van der Waals surface area (Å²) < 4.78 is 32.0. The third kappa shape index (κ3) is 5.64. The molecule has 1 aliphatic carbocycles. The Kier molecular flexibility index (Phi) is 7.76. The van der Waals surface area contributed by atoms with E-state index in [1.54, 1.807) is 12.4 Å². The molecule has 14 nitrogen and oxygen atoms in total. The van der Waals surface area contributed by atoms with Gasteiger partial charge in [0.1, 0.15) is 0 Å². The summed E-state index contributed by atoms with van der Waals surface area (Å²) in [6.45, 7) is 3.91. The van der Waals surface area contributed by atoms with Gasteiger partial charge in [0.25, 0.3) is 0 Å². The molecule has 3 aliphatic rings. The van der Waals surface area contributed by atoms with Crippen molar-refractivity contribution in [2.45, 2.75) is 69.7 Å². The van der Waals surface area contributed by atoms with Gasteiger partial charge in [-0.3, -0.25) is 24.4 Å². The van der Waals surface area contributed by atoms with Crippen molar-refractivity contribution in [1.82, 2.24) is 14.9 Å². The van der Waals surface area contributed by atoms with Gasteiger partial charge < -0.3 is 33.3 Å². The second kappa shape index (κ2) is 11.3.